The summed E-state index contributed by atoms with van der Waals surface area (Å²) in [5, 5.41) is 3.39. The predicted octanol–water partition coefficient (Wildman–Crippen LogP) is 2.07. The van der Waals surface area contributed by atoms with Gasteiger partial charge in [0, 0.05) is 12.5 Å². The molecule has 1 atom stereocenters. The molecule has 0 spiro atoms. The second-order valence-corrected chi connectivity index (χ2v) is 5.55. The number of nitrogens with one attached hydrogen (secondary N) is 1. The lowest BCUT2D eigenvalue weighted by molar-refractivity contribution is -0.0522. The lowest BCUT2D eigenvalue weighted by Crippen LogP contribution is -2.32. The molecule has 0 amide bonds. The Morgan fingerprint density at radius 2 is 2.00 bits per heavy atom. The molecule has 1 aliphatic carbocycles. The summed E-state index contributed by atoms with van der Waals surface area (Å²) >= 11 is 0. The Balaban J connectivity index is 1.61. The number of fused-ring (bicyclic) bond motifs is 1. The topological polar surface area (TPSA) is 30.5 Å². The minimum absolute atomic E-state index is 0.0214. The fraction of sp³-hybridized carbons (Fsp3) is 0.625. The summed E-state index contributed by atoms with van der Waals surface area (Å²) in [6.45, 7) is 1.47. The Hall–Kier alpha value is -0.900. The van der Waals surface area contributed by atoms with E-state index in [-0.39, 0.29) is 6.29 Å². The molecule has 3 nitrogen and oxygen atoms in total. The van der Waals surface area contributed by atoms with Gasteiger partial charge in [0.05, 0.1) is 13.2 Å². The Labute approximate surface area is 115 Å². The van der Waals surface area contributed by atoms with Crippen LogP contribution in [-0.4, -0.2) is 32.6 Å². The molecule has 1 unspecified atom stereocenters. The number of rotatable bonds is 5. The summed E-state index contributed by atoms with van der Waals surface area (Å²) in [5.41, 5.74) is 4.53. The molecule has 1 N–H and O–H groups in total. The van der Waals surface area contributed by atoms with Crippen molar-refractivity contribution in [1.29, 1.82) is 0 Å². The van der Waals surface area contributed by atoms with Crippen molar-refractivity contribution < 1.29 is 9.47 Å². The molecular formula is C16H23NO2. The van der Waals surface area contributed by atoms with Crippen molar-refractivity contribution in [3.05, 3.63) is 34.9 Å². The van der Waals surface area contributed by atoms with Crippen LogP contribution in [0.15, 0.2) is 18.2 Å². The Morgan fingerprint density at radius 1 is 1.21 bits per heavy atom. The van der Waals surface area contributed by atoms with Gasteiger partial charge in [0.25, 0.3) is 0 Å². The quantitative estimate of drug-likeness (QED) is 0.880. The highest BCUT2D eigenvalue weighted by Gasteiger charge is 2.21. The molecule has 0 aromatic heterocycles. The van der Waals surface area contributed by atoms with E-state index < -0.39 is 0 Å². The van der Waals surface area contributed by atoms with Crippen molar-refractivity contribution in [3.8, 4) is 0 Å². The normalized spacial score (nSPS) is 20.7. The van der Waals surface area contributed by atoms with E-state index in [4.69, 9.17) is 9.47 Å². The molecule has 1 fully saturated rings. The zero-order valence-corrected chi connectivity index (χ0v) is 11.7. The molecule has 19 heavy (non-hydrogen) atoms. The third kappa shape index (κ3) is 3.16. The summed E-state index contributed by atoms with van der Waals surface area (Å²) < 4.78 is 11.1. The highest BCUT2D eigenvalue weighted by molar-refractivity contribution is 5.35. The summed E-state index contributed by atoms with van der Waals surface area (Å²) in [4.78, 5) is 0. The number of likely N-dealkylation sites (N-methyl/N-ethyl adjacent to an activating group) is 1. The fourth-order valence-electron chi connectivity index (χ4n) is 3.12. The van der Waals surface area contributed by atoms with Crippen LogP contribution in [0.25, 0.3) is 0 Å². The van der Waals surface area contributed by atoms with Crippen molar-refractivity contribution in [1.82, 2.24) is 5.32 Å². The summed E-state index contributed by atoms with van der Waals surface area (Å²) in [6.07, 6.45) is 5.78. The van der Waals surface area contributed by atoms with E-state index in [1.807, 2.05) is 7.05 Å². The smallest absolute Gasteiger partial charge is 0.159 e. The van der Waals surface area contributed by atoms with Gasteiger partial charge in [-0.3, -0.25) is 0 Å². The van der Waals surface area contributed by atoms with Crippen LogP contribution < -0.4 is 5.32 Å². The van der Waals surface area contributed by atoms with Crippen molar-refractivity contribution in [2.75, 3.05) is 20.3 Å². The molecule has 2 aliphatic rings. The molecule has 1 saturated heterocycles. The van der Waals surface area contributed by atoms with Gasteiger partial charge >= 0.3 is 0 Å². The van der Waals surface area contributed by atoms with Crippen LogP contribution in [0.2, 0.25) is 0 Å². The average molecular weight is 261 g/mol. The van der Waals surface area contributed by atoms with Gasteiger partial charge in [-0.15, -0.1) is 0 Å². The van der Waals surface area contributed by atoms with Gasteiger partial charge in [0.1, 0.15) is 0 Å². The second kappa shape index (κ2) is 6.04. The van der Waals surface area contributed by atoms with E-state index in [0.29, 0.717) is 6.04 Å². The molecule has 1 aliphatic heterocycles. The van der Waals surface area contributed by atoms with Crippen LogP contribution in [0, 0.1) is 0 Å². The predicted molar refractivity (Wildman–Crippen MR) is 75.3 cm³/mol. The van der Waals surface area contributed by atoms with Crippen LogP contribution in [0.3, 0.4) is 0 Å². The molecule has 1 aromatic rings. The summed E-state index contributed by atoms with van der Waals surface area (Å²) in [5.74, 6) is 0. The number of ether oxygens (including phenoxy) is 2. The lowest BCUT2D eigenvalue weighted by atomic mass is 9.99. The van der Waals surface area contributed by atoms with Crippen molar-refractivity contribution >= 4 is 0 Å². The molecular weight excluding hydrogens is 238 g/mol. The van der Waals surface area contributed by atoms with E-state index in [2.05, 4.69) is 23.5 Å². The third-order valence-corrected chi connectivity index (χ3v) is 4.22. The minimum Gasteiger partial charge on any atom is -0.350 e. The molecule has 0 radical (unpaired) electrons. The number of hydrogen-bond acceptors (Lipinski definition) is 3. The maximum Gasteiger partial charge on any atom is 0.159 e. The molecule has 104 valence electrons. The van der Waals surface area contributed by atoms with Crippen LogP contribution in [-0.2, 0) is 28.7 Å². The van der Waals surface area contributed by atoms with E-state index in [9.17, 15) is 0 Å². The molecule has 1 heterocycles. The first kappa shape index (κ1) is 13.1. The molecule has 3 rings (SSSR count). The molecule has 0 saturated carbocycles. The largest absolute Gasteiger partial charge is 0.350 e. The number of aryl methyl sites for hydroxylation is 2. The third-order valence-electron chi connectivity index (χ3n) is 4.22. The first-order chi connectivity index (χ1) is 9.35. The van der Waals surface area contributed by atoms with Gasteiger partial charge in [-0.05, 0) is 49.4 Å². The minimum atomic E-state index is -0.0214. The van der Waals surface area contributed by atoms with Crippen LogP contribution in [0.4, 0.5) is 0 Å². The number of benzene rings is 1. The van der Waals surface area contributed by atoms with Gasteiger partial charge in [-0.2, -0.15) is 0 Å². The first-order valence-electron chi connectivity index (χ1n) is 7.36. The Morgan fingerprint density at radius 3 is 2.79 bits per heavy atom. The van der Waals surface area contributed by atoms with Crippen molar-refractivity contribution in [3.63, 3.8) is 0 Å². The van der Waals surface area contributed by atoms with E-state index in [1.165, 1.54) is 24.8 Å². The van der Waals surface area contributed by atoms with Crippen LogP contribution in [0.5, 0.6) is 0 Å². The fourth-order valence-corrected chi connectivity index (χ4v) is 3.12. The summed E-state index contributed by atoms with van der Waals surface area (Å²) in [6, 6.07) is 7.41. The highest BCUT2D eigenvalue weighted by Crippen LogP contribution is 2.24. The standard InChI is InChI=1S/C16H23NO2/c1-17-15(11-16-18-7-8-19-16)10-12-5-6-13-3-2-4-14(13)9-12/h5-6,9,15-17H,2-4,7-8,10-11H2,1H3. The van der Waals surface area contributed by atoms with Crippen LogP contribution >= 0.6 is 0 Å². The van der Waals surface area contributed by atoms with Crippen LogP contribution in [0.1, 0.15) is 29.5 Å². The number of hydrogen-bond donors (Lipinski definition) is 1. The van der Waals surface area contributed by atoms with Gasteiger partial charge < -0.3 is 14.8 Å². The lowest BCUT2D eigenvalue weighted by Gasteiger charge is -2.19. The van der Waals surface area contributed by atoms with Gasteiger partial charge in [0.15, 0.2) is 6.29 Å². The van der Waals surface area contributed by atoms with Crippen molar-refractivity contribution in [2.24, 2.45) is 0 Å². The first-order valence-corrected chi connectivity index (χ1v) is 7.36. The SMILES string of the molecule is CNC(Cc1ccc2c(c1)CCC2)CC1OCCO1. The van der Waals surface area contributed by atoms with Gasteiger partial charge in [-0.25, -0.2) is 0 Å². The van der Waals surface area contributed by atoms with Crippen molar-refractivity contribution in [2.45, 2.75) is 44.4 Å². The van der Waals surface area contributed by atoms with Gasteiger partial charge in [0.2, 0.25) is 0 Å². The van der Waals surface area contributed by atoms with E-state index in [1.54, 1.807) is 11.1 Å². The van der Waals surface area contributed by atoms with Gasteiger partial charge in [-0.1, -0.05) is 18.2 Å². The second-order valence-electron chi connectivity index (χ2n) is 5.55. The average Bonchev–Trinajstić information content (AvgIpc) is 3.08. The molecule has 1 aromatic carbocycles. The highest BCUT2D eigenvalue weighted by atomic mass is 16.7. The zero-order valence-electron chi connectivity index (χ0n) is 11.7. The maximum absolute atomic E-state index is 5.53. The molecule has 3 heteroatoms. The maximum atomic E-state index is 5.53. The Bertz CT molecular complexity index is 427. The zero-order chi connectivity index (χ0) is 13.1. The Kier molecular flexibility index (Phi) is 4.16. The van der Waals surface area contributed by atoms with E-state index >= 15 is 0 Å². The summed E-state index contributed by atoms with van der Waals surface area (Å²) in [7, 11) is 2.02. The molecule has 0 bridgehead atoms. The monoisotopic (exact) mass is 261 g/mol. The van der Waals surface area contributed by atoms with E-state index in [0.717, 1.165) is 26.1 Å².